The maximum atomic E-state index is 12.9. The highest BCUT2D eigenvalue weighted by molar-refractivity contribution is 6.34. The number of nitrogens with zero attached hydrogens (tertiary/aromatic N) is 4. The van der Waals surface area contributed by atoms with Gasteiger partial charge in [-0.3, -0.25) is 14.2 Å². The number of amides is 1. The quantitative estimate of drug-likeness (QED) is 0.726. The van der Waals surface area contributed by atoms with Crippen molar-refractivity contribution in [3.63, 3.8) is 0 Å². The van der Waals surface area contributed by atoms with Gasteiger partial charge in [-0.25, -0.2) is 0 Å². The second kappa shape index (κ2) is 7.07. The Morgan fingerprint density at radius 2 is 1.89 bits per heavy atom. The van der Waals surface area contributed by atoms with E-state index in [1.165, 1.54) is 7.05 Å². The number of rotatable bonds is 4. The topological polar surface area (TPSA) is 64.7 Å². The Morgan fingerprint density at radius 3 is 2.48 bits per heavy atom. The van der Waals surface area contributed by atoms with Crippen LogP contribution >= 0.6 is 11.6 Å². The number of aryl methyl sites for hydroxylation is 2. The van der Waals surface area contributed by atoms with Gasteiger partial charge in [0.2, 0.25) is 0 Å². The van der Waals surface area contributed by atoms with Gasteiger partial charge >= 0.3 is 6.18 Å². The number of benzene rings is 1. The first-order chi connectivity index (χ1) is 12.7. The average Bonchev–Trinajstić information content (AvgIpc) is 3.07. The van der Waals surface area contributed by atoms with Crippen LogP contribution in [0.2, 0.25) is 5.02 Å². The number of hydrogen-bond donors (Lipinski definition) is 1. The van der Waals surface area contributed by atoms with Crippen molar-refractivity contribution in [1.82, 2.24) is 19.6 Å². The molecule has 2 aromatic heterocycles. The molecule has 0 fully saturated rings. The maximum absolute atomic E-state index is 12.9. The molecule has 0 spiro atoms. The molecule has 0 atom stereocenters. The van der Waals surface area contributed by atoms with Gasteiger partial charge in [0.1, 0.15) is 10.7 Å². The first-order valence-corrected chi connectivity index (χ1v) is 8.24. The molecular weight excluding hydrogens is 383 g/mol. The Balaban J connectivity index is 1.81. The molecule has 142 valence electrons. The normalized spacial score (nSPS) is 11.6. The van der Waals surface area contributed by atoms with Gasteiger partial charge in [0, 0.05) is 18.8 Å². The van der Waals surface area contributed by atoms with Crippen LogP contribution < -0.4 is 5.32 Å². The Hall–Kier alpha value is -2.81. The molecule has 2 heterocycles. The second-order valence-electron chi connectivity index (χ2n) is 5.90. The van der Waals surface area contributed by atoms with Crippen LogP contribution in [0.15, 0.2) is 36.4 Å². The summed E-state index contributed by atoms with van der Waals surface area (Å²) >= 11 is 5.73. The molecule has 0 bridgehead atoms. The van der Waals surface area contributed by atoms with Gasteiger partial charge in [0.05, 0.1) is 6.54 Å². The smallest absolute Gasteiger partial charge is 0.304 e. The van der Waals surface area contributed by atoms with Crippen molar-refractivity contribution >= 4 is 23.3 Å². The molecule has 1 amide bonds. The minimum atomic E-state index is -4.75. The van der Waals surface area contributed by atoms with Crippen LogP contribution in [0.3, 0.4) is 0 Å². The molecule has 3 rings (SSSR count). The fourth-order valence-electron chi connectivity index (χ4n) is 2.59. The predicted molar refractivity (Wildman–Crippen MR) is 93.7 cm³/mol. The summed E-state index contributed by atoms with van der Waals surface area (Å²) in [6, 6.07) is 11.2. The number of halogens is 4. The van der Waals surface area contributed by atoms with Crippen LogP contribution in [-0.2, 0) is 19.8 Å². The van der Waals surface area contributed by atoms with Crippen molar-refractivity contribution < 1.29 is 18.0 Å². The highest BCUT2D eigenvalue weighted by atomic mass is 35.5. The minimum Gasteiger partial charge on any atom is -0.304 e. The van der Waals surface area contributed by atoms with E-state index in [1.807, 2.05) is 37.3 Å². The van der Waals surface area contributed by atoms with Crippen molar-refractivity contribution in [2.24, 2.45) is 7.05 Å². The Morgan fingerprint density at radius 1 is 1.22 bits per heavy atom. The molecule has 0 radical (unpaired) electrons. The lowest BCUT2D eigenvalue weighted by Gasteiger charge is -2.05. The summed E-state index contributed by atoms with van der Waals surface area (Å²) in [6.07, 6.45) is -4.75. The van der Waals surface area contributed by atoms with Gasteiger partial charge in [-0.05, 0) is 12.5 Å². The van der Waals surface area contributed by atoms with E-state index in [2.05, 4.69) is 15.5 Å². The second-order valence-corrected chi connectivity index (χ2v) is 6.28. The number of carbonyl (C=O) groups excluding carboxylic acids is 1. The van der Waals surface area contributed by atoms with Crippen LogP contribution in [0.1, 0.15) is 27.4 Å². The predicted octanol–water partition coefficient (Wildman–Crippen LogP) is 3.90. The van der Waals surface area contributed by atoms with E-state index in [4.69, 9.17) is 11.6 Å². The van der Waals surface area contributed by atoms with E-state index in [9.17, 15) is 18.0 Å². The molecule has 1 N–H and O–H groups in total. The average molecular weight is 398 g/mol. The summed E-state index contributed by atoms with van der Waals surface area (Å²) < 4.78 is 41.1. The first kappa shape index (κ1) is 19.0. The van der Waals surface area contributed by atoms with Gasteiger partial charge in [-0.15, -0.1) is 0 Å². The third kappa shape index (κ3) is 3.97. The van der Waals surface area contributed by atoms with Crippen LogP contribution in [0, 0.1) is 6.92 Å². The van der Waals surface area contributed by atoms with Crippen molar-refractivity contribution in [3.05, 3.63) is 64.1 Å². The van der Waals surface area contributed by atoms with Crippen molar-refractivity contribution in [2.75, 3.05) is 5.32 Å². The zero-order valence-corrected chi connectivity index (χ0v) is 15.1. The number of anilines is 1. The lowest BCUT2D eigenvalue weighted by molar-refractivity contribution is -0.141. The van der Waals surface area contributed by atoms with Crippen LogP contribution in [-0.4, -0.2) is 25.5 Å². The van der Waals surface area contributed by atoms with Gasteiger partial charge in [-0.1, -0.05) is 41.9 Å². The molecule has 3 aromatic rings. The molecule has 6 nitrogen and oxygen atoms in total. The summed E-state index contributed by atoms with van der Waals surface area (Å²) in [4.78, 5) is 12.4. The SMILES string of the molecule is Cc1cc(NC(=O)c2c(Cl)c(C(F)(F)F)nn2C)nn1Cc1ccccc1. The van der Waals surface area contributed by atoms with E-state index in [1.54, 1.807) is 10.7 Å². The largest absolute Gasteiger partial charge is 0.436 e. The molecule has 0 saturated carbocycles. The van der Waals surface area contributed by atoms with Crippen molar-refractivity contribution in [2.45, 2.75) is 19.6 Å². The monoisotopic (exact) mass is 397 g/mol. The molecule has 0 aliphatic rings. The Labute approximate surface area is 157 Å². The highest BCUT2D eigenvalue weighted by Gasteiger charge is 2.39. The van der Waals surface area contributed by atoms with Gasteiger partial charge in [-0.2, -0.15) is 23.4 Å². The fourth-order valence-corrected chi connectivity index (χ4v) is 2.94. The lowest BCUT2D eigenvalue weighted by atomic mass is 10.2. The number of nitrogens with one attached hydrogen (secondary N) is 1. The molecule has 0 unspecified atom stereocenters. The third-order valence-electron chi connectivity index (χ3n) is 3.87. The van der Waals surface area contributed by atoms with Crippen molar-refractivity contribution in [1.29, 1.82) is 0 Å². The van der Waals surface area contributed by atoms with Crippen LogP contribution in [0.25, 0.3) is 0 Å². The minimum absolute atomic E-state index is 0.208. The molecule has 0 aliphatic heterocycles. The Bertz CT molecular complexity index is 979. The maximum Gasteiger partial charge on any atom is 0.436 e. The van der Waals surface area contributed by atoms with Crippen LogP contribution in [0.5, 0.6) is 0 Å². The number of carbonyl (C=O) groups is 1. The molecule has 10 heteroatoms. The van der Waals surface area contributed by atoms with Crippen molar-refractivity contribution in [3.8, 4) is 0 Å². The van der Waals surface area contributed by atoms with Gasteiger partial charge in [0.25, 0.3) is 5.91 Å². The van der Waals surface area contributed by atoms with E-state index in [-0.39, 0.29) is 11.5 Å². The third-order valence-corrected chi connectivity index (χ3v) is 4.23. The molecule has 1 aromatic carbocycles. The van der Waals surface area contributed by atoms with E-state index in [0.717, 1.165) is 15.9 Å². The Kier molecular flexibility index (Phi) is 4.97. The van der Waals surface area contributed by atoms with Gasteiger partial charge < -0.3 is 5.32 Å². The lowest BCUT2D eigenvalue weighted by Crippen LogP contribution is -2.17. The number of aromatic nitrogens is 4. The standard InChI is InChI=1S/C17H15ClF3N5O/c1-10-8-12(23-26(10)9-11-6-4-3-5-7-11)22-16(27)14-13(18)15(17(19,20)21)24-25(14)2/h3-8H,9H2,1-2H3,(H,22,23,27). The first-order valence-electron chi connectivity index (χ1n) is 7.86. The summed E-state index contributed by atoms with van der Waals surface area (Å²) in [6.45, 7) is 2.30. The molecular formula is C17H15ClF3N5O. The fraction of sp³-hybridized carbons (Fsp3) is 0.235. The number of hydrogen-bond acceptors (Lipinski definition) is 3. The van der Waals surface area contributed by atoms with Gasteiger partial charge in [0.15, 0.2) is 11.5 Å². The van der Waals surface area contributed by atoms with E-state index < -0.39 is 22.8 Å². The van der Waals surface area contributed by atoms with Crippen LogP contribution in [0.4, 0.5) is 19.0 Å². The summed E-state index contributed by atoms with van der Waals surface area (Å²) in [7, 11) is 1.22. The molecule has 27 heavy (non-hydrogen) atoms. The summed E-state index contributed by atoms with van der Waals surface area (Å²) in [5, 5.41) is 9.29. The summed E-state index contributed by atoms with van der Waals surface area (Å²) in [5.41, 5.74) is 0.106. The number of alkyl halides is 3. The van der Waals surface area contributed by atoms with E-state index >= 15 is 0 Å². The summed E-state index contributed by atoms with van der Waals surface area (Å²) in [5.74, 6) is -0.617. The molecule has 0 saturated heterocycles. The molecule has 0 aliphatic carbocycles. The zero-order valence-electron chi connectivity index (χ0n) is 14.4. The zero-order chi connectivity index (χ0) is 19.8. The highest BCUT2D eigenvalue weighted by Crippen LogP contribution is 2.35. The van der Waals surface area contributed by atoms with E-state index in [0.29, 0.717) is 6.54 Å².